The van der Waals surface area contributed by atoms with Gasteiger partial charge < -0.3 is 5.32 Å². The fourth-order valence-electron chi connectivity index (χ4n) is 6.85. The third-order valence-electron chi connectivity index (χ3n) is 8.75. The first kappa shape index (κ1) is 28.3. The molecular formula is C32H25F6N5O. The zero-order valence-electron chi connectivity index (χ0n) is 23.0. The summed E-state index contributed by atoms with van der Waals surface area (Å²) in [6.45, 7) is -0.706. The molecule has 6 nitrogen and oxygen atoms in total. The molecule has 4 unspecified atom stereocenters. The highest BCUT2D eigenvalue weighted by molar-refractivity contribution is 5.93. The summed E-state index contributed by atoms with van der Waals surface area (Å²) < 4.78 is 86.1. The van der Waals surface area contributed by atoms with Crippen LogP contribution in [0.3, 0.4) is 0 Å². The first-order valence-corrected chi connectivity index (χ1v) is 14.2. The van der Waals surface area contributed by atoms with Gasteiger partial charge in [0.05, 0.1) is 17.3 Å². The molecule has 2 aromatic carbocycles. The Morgan fingerprint density at radius 1 is 1.00 bits per heavy atom. The second-order valence-corrected chi connectivity index (χ2v) is 11.5. The summed E-state index contributed by atoms with van der Waals surface area (Å²) in [6, 6.07) is 13.1. The number of hydrogen-bond donors (Lipinski definition) is 1. The quantitative estimate of drug-likeness (QED) is 0.242. The molecule has 2 saturated carbocycles. The van der Waals surface area contributed by atoms with Gasteiger partial charge in [-0.25, -0.2) is 26.3 Å². The number of carbonyl (C=O) groups excluding carboxylic acids is 1. The van der Waals surface area contributed by atoms with Crippen LogP contribution in [0.25, 0.3) is 22.0 Å². The standard InChI is InChI=1S/C32H25F6N5O/c33-19-9-16(10-20(34)13-19)11-25(28-21(4-2-8-40-28)18-6-5-17-3-1-7-39-24(17)12-18)41-26(44)15-43-30-27(29(42-43)31(35)36)22-14-23(22)32(30,37)38/h1-10,12-13,22-23,25,27,30-31H,11,14-15H2,(H,41,44)/t22?,23?,25-,27?,30?/m0/s1. The lowest BCUT2D eigenvalue weighted by Gasteiger charge is -2.30. The number of alkyl halides is 4. The highest BCUT2D eigenvalue weighted by Crippen LogP contribution is 2.66. The Morgan fingerprint density at radius 2 is 1.75 bits per heavy atom. The molecule has 226 valence electrons. The number of amides is 1. The van der Waals surface area contributed by atoms with Gasteiger partial charge in [-0.1, -0.05) is 24.3 Å². The van der Waals surface area contributed by atoms with Crippen LogP contribution in [0, 0.1) is 29.4 Å². The third-order valence-corrected chi connectivity index (χ3v) is 8.75. The summed E-state index contributed by atoms with van der Waals surface area (Å²) in [5.41, 5.74) is 1.97. The van der Waals surface area contributed by atoms with Gasteiger partial charge in [-0.2, -0.15) is 5.10 Å². The Morgan fingerprint density at radius 3 is 2.52 bits per heavy atom. The van der Waals surface area contributed by atoms with E-state index in [1.54, 1.807) is 18.3 Å². The predicted molar refractivity (Wildman–Crippen MR) is 150 cm³/mol. The average Bonchev–Trinajstić information content (AvgIpc) is 3.64. The molecule has 44 heavy (non-hydrogen) atoms. The van der Waals surface area contributed by atoms with Crippen LogP contribution in [0.2, 0.25) is 0 Å². The fourth-order valence-corrected chi connectivity index (χ4v) is 6.85. The lowest BCUT2D eigenvalue weighted by Crippen LogP contribution is -2.49. The van der Waals surface area contributed by atoms with Crippen molar-refractivity contribution in [2.75, 3.05) is 6.54 Å². The van der Waals surface area contributed by atoms with Gasteiger partial charge in [-0.3, -0.25) is 19.8 Å². The van der Waals surface area contributed by atoms with E-state index in [0.717, 1.165) is 28.6 Å². The molecule has 0 spiro atoms. The van der Waals surface area contributed by atoms with Crippen molar-refractivity contribution in [3.05, 3.63) is 95.9 Å². The van der Waals surface area contributed by atoms with Crippen LogP contribution in [-0.2, 0) is 11.2 Å². The van der Waals surface area contributed by atoms with Crippen molar-refractivity contribution in [2.24, 2.45) is 22.9 Å². The first-order chi connectivity index (χ1) is 21.1. The topological polar surface area (TPSA) is 70.5 Å². The van der Waals surface area contributed by atoms with Gasteiger partial charge in [0, 0.05) is 41.2 Å². The number of nitrogens with zero attached hydrogens (tertiary/aromatic N) is 4. The van der Waals surface area contributed by atoms with Crippen LogP contribution in [0.4, 0.5) is 26.3 Å². The molecule has 2 fully saturated rings. The number of rotatable bonds is 8. The number of pyridine rings is 2. The average molecular weight is 610 g/mol. The van der Waals surface area contributed by atoms with Crippen molar-refractivity contribution >= 4 is 22.5 Å². The third kappa shape index (κ3) is 4.95. The maximum atomic E-state index is 15.1. The van der Waals surface area contributed by atoms with Crippen LogP contribution in [0.1, 0.15) is 23.7 Å². The molecule has 3 aliphatic rings. The summed E-state index contributed by atoms with van der Waals surface area (Å²) in [7, 11) is 0. The molecule has 5 atom stereocenters. The monoisotopic (exact) mass is 609 g/mol. The van der Waals surface area contributed by atoms with Crippen LogP contribution in [0.5, 0.6) is 0 Å². The highest BCUT2D eigenvalue weighted by Gasteiger charge is 2.75. The van der Waals surface area contributed by atoms with Crippen LogP contribution >= 0.6 is 0 Å². The van der Waals surface area contributed by atoms with E-state index in [1.165, 1.54) is 6.20 Å². The number of fused-ring (bicyclic) bond motifs is 4. The first-order valence-electron chi connectivity index (χ1n) is 14.2. The smallest absolute Gasteiger partial charge is 0.278 e. The molecule has 1 N–H and O–H groups in total. The minimum absolute atomic E-state index is 0.103. The van der Waals surface area contributed by atoms with Crippen molar-refractivity contribution in [1.29, 1.82) is 0 Å². The summed E-state index contributed by atoms with van der Waals surface area (Å²) >= 11 is 0. The Hall–Kier alpha value is -4.48. The van der Waals surface area contributed by atoms with Gasteiger partial charge in [-0.15, -0.1) is 0 Å². The van der Waals surface area contributed by atoms with Gasteiger partial charge in [0.15, 0.2) is 0 Å². The van der Waals surface area contributed by atoms with Crippen LogP contribution in [0.15, 0.2) is 78.2 Å². The van der Waals surface area contributed by atoms with Crippen molar-refractivity contribution in [2.45, 2.75) is 37.3 Å². The number of carbonyl (C=O) groups is 1. The Bertz CT molecular complexity index is 1780. The van der Waals surface area contributed by atoms with E-state index in [0.29, 0.717) is 22.3 Å². The van der Waals surface area contributed by atoms with Gasteiger partial charge in [-0.05, 0) is 60.2 Å². The molecule has 2 aromatic heterocycles. The fraction of sp³-hybridized carbons (Fsp3) is 0.312. The zero-order chi connectivity index (χ0) is 30.7. The minimum Gasteiger partial charge on any atom is -0.346 e. The minimum atomic E-state index is -3.27. The van der Waals surface area contributed by atoms with E-state index in [-0.39, 0.29) is 18.4 Å². The zero-order valence-corrected chi connectivity index (χ0v) is 23.0. The molecule has 0 radical (unpaired) electrons. The number of halogens is 6. The molecule has 0 saturated heterocycles. The van der Waals surface area contributed by atoms with Crippen molar-refractivity contribution in [3.63, 3.8) is 0 Å². The number of aromatic nitrogens is 2. The summed E-state index contributed by atoms with van der Waals surface area (Å²) in [5, 5.41) is 8.24. The normalized spacial score (nSPS) is 23.8. The lowest BCUT2D eigenvalue weighted by atomic mass is 9.92. The molecule has 3 heterocycles. The summed E-state index contributed by atoms with van der Waals surface area (Å²) in [6.07, 6.45) is 0.181. The van der Waals surface area contributed by atoms with Gasteiger partial charge in [0.2, 0.25) is 5.91 Å². The molecule has 1 amide bonds. The highest BCUT2D eigenvalue weighted by atomic mass is 19.3. The second-order valence-electron chi connectivity index (χ2n) is 11.5. The SMILES string of the molecule is O=C(CN1N=C(C(F)F)C2C3CC3C(F)(F)C21)N[C@@H](Cc1cc(F)cc(F)c1)c1ncccc1-c1ccc2cccnc2c1. The van der Waals surface area contributed by atoms with E-state index in [4.69, 9.17) is 0 Å². The molecular weight excluding hydrogens is 584 g/mol. The van der Waals surface area contributed by atoms with Gasteiger partial charge in [0.25, 0.3) is 12.3 Å². The molecule has 7 rings (SSSR count). The van der Waals surface area contributed by atoms with Crippen LogP contribution in [-0.4, -0.2) is 51.5 Å². The maximum absolute atomic E-state index is 15.1. The Balaban J connectivity index is 1.22. The molecule has 12 heteroatoms. The summed E-state index contributed by atoms with van der Waals surface area (Å²) in [4.78, 5) is 22.4. The number of benzene rings is 2. The molecule has 4 aromatic rings. The van der Waals surface area contributed by atoms with Gasteiger partial charge >= 0.3 is 0 Å². The molecule has 1 aliphatic heterocycles. The van der Waals surface area contributed by atoms with E-state index in [9.17, 15) is 22.4 Å². The van der Waals surface area contributed by atoms with Gasteiger partial charge in [0.1, 0.15) is 29.9 Å². The number of nitrogens with one attached hydrogen (secondary N) is 1. The van der Waals surface area contributed by atoms with Crippen molar-refractivity contribution in [3.8, 4) is 11.1 Å². The van der Waals surface area contributed by atoms with Crippen LogP contribution < -0.4 is 5.32 Å². The maximum Gasteiger partial charge on any atom is 0.278 e. The lowest BCUT2D eigenvalue weighted by molar-refractivity contribution is -0.127. The Kier molecular flexibility index (Phi) is 6.82. The predicted octanol–water partition coefficient (Wildman–Crippen LogP) is 6.18. The Labute approximate surface area is 247 Å². The van der Waals surface area contributed by atoms with E-state index >= 15 is 8.78 Å². The van der Waals surface area contributed by atoms with Crippen molar-refractivity contribution < 1.29 is 31.1 Å². The second kappa shape index (κ2) is 10.6. The van der Waals surface area contributed by atoms with E-state index < -0.39 is 72.0 Å². The molecule has 0 bridgehead atoms. The number of hydrazone groups is 1. The van der Waals surface area contributed by atoms with E-state index in [2.05, 4.69) is 20.4 Å². The number of hydrogen-bond acceptors (Lipinski definition) is 5. The van der Waals surface area contributed by atoms with Crippen molar-refractivity contribution in [1.82, 2.24) is 20.3 Å². The molecule has 2 aliphatic carbocycles. The van der Waals surface area contributed by atoms with E-state index in [1.807, 2.05) is 30.3 Å². The summed E-state index contributed by atoms with van der Waals surface area (Å²) in [5.74, 6) is -8.38. The largest absolute Gasteiger partial charge is 0.346 e.